The van der Waals surface area contributed by atoms with E-state index in [1.807, 2.05) is 6.07 Å². The molecule has 2 aromatic rings. The van der Waals surface area contributed by atoms with Crippen LogP contribution in [0.25, 0.3) is 10.9 Å². The smallest absolute Gasteiger partial charge is 0.0484 e. The fourth-order valence-electron chi connectivity index (χ4n) is 3.34. The van der Waals surface area contributed by atoms with Crippen molar-refractivity contribution >= 4 is 22.5 Å². The molecule has 1 fully saturated rings. The van der Waals surface area contributed by atoms with E-state index >= 15 is 0 Å². The maximum Gasteiger partial charge on any atom is 0.0484 e. The number of rotatable bonds is 5. The van der Waals surface area contributed by atoms with Gasteiger partial charge < -0.3 is 4.57 Å². The topological polar surface area (TPSA) is 8.17 Å². The lowest BCUT2D eigenvalue weighted by molar-refractivity contribution is 0.221. The Balaban J connectivity index is 1.90. The zero-order valence-electron chi connectivity index (χ0n) is 12.9. The summed E-state index contributed by atoms with van der Waals surface area (Å²) >= 11 is 6.22. The van der Waals surface area contributed by atoms with Crippen molar-refractivity contribution in [2.45, 2.75) is 52.1 Å². The first kappa shape index (κ1) is 14.9. The Morgan fingerprint density at radius 2 is 1.95 bits per heavy atom. The number of hydrogen-bond donors (Lipinski definition) is 0. The first-order valence-electron chi connectivity index (χ1n) is 8.27. The molecule has 2 heterocycles. The van der Waals surface area contributed by atoms with E-state index in [1.54, 1.807) is 0 Å². The summed E-state index contributed by atoms with van der Waals surface area (Å²) in [5, 5.41) is 2.18. The summed E-state index contributed by atoms with van der Waals surface area (Å²) in [7, 11) is 0. The van der Waals surface area contributed by atoms with Crippen molar-refractivity contribution < 1.29 is 0 Å². The molecular formula is C18H25ClN2. The zero-order chi connectivity index (χ0) is 14.7. The van der Waals surface area contributed by atoms with Gasteiger partial charge in [-0.3, -0.25) is 4.90 Å². The molecule has 1 aromatic heterocycles. The van der Waals surface area contributed by atoms with E-state index in [0.29, 0.717) is 0 Å². The summed E-state index contributed by atoms with van der Waals surface area (Å²) in [6, 6.07) is 6.32. The van der Waals surface area contributed by atoms with Gasteiger partial charge in [0.1, 0.15) is 0 Å². The summed E-state index contributed by atoms with van der Waals surface area (Å²) in [4.78, 5) is 2.59. The minimum Gasteiger partial charge on any atom is -0.347 e. The highest BCUT2D eigenvalue weighted by Gasteiger charge is 2.14. The van der Waals surface area contributed by atoms with Gasteiger partial charge in [-0.05, 0) is 56.1 Å². The van der Waals surface area contributed by atoms with Crippen LogP contribution in [0.5, 0.6) is 0 Å². The number of hydrogen-bond acceptors (Lipinski definition) is 1. The summed E-state index contributed by atoms with van der Waals surface area (Å²) in [5.74, 6) is 0. The van der Waals surface area contributed by atoms with Gasteiger partial charge in [-0.25, -0.2) is 0 Å². The van der Waals surface area contributed by atoms with Gasteiger partial charge >= 0.3 is 0 Å². The third-order valence-corrected chi connectivity index (χ3v) is 4.76. The van der Waals surface area contributed by atoms with Crippen LogP contribution in [0.2, 0.25) is 5.02 Å². The number of aromatic nitrogens is 1. The molecule has 3 rings (SSSR count). The first-order valence-corrected chi connectivity index (χ1v) is 8.65. The normalized spacial score (nSPS) is 16.7. The summed E-state index contributed by atoms with van der Waals surface area (Å²) in [6.07, 6.45) is 8.89. The molecule has 0 atom stereocenters. The van der Waals surface area contributed by atoms with Gasteiger partial charge in [-0.15, -0.1) is 0 Å². The highest BCUT2D eigenvalue weighted by Crippen LogP contribution is 2.27. The second-order valence-corrected chi connectivity index (χ2v) is 6.64. The molecule has 2 nitrogen and oxygen atoms in total. The Bertz CT molecular complexity index is 597. The summed E-state index contributed by atoms with van der Waals surface area (Å²) in [6.45, 7) is 6.90. The fourth-order valence-corrected chi connectivity index (χ4v) is 3.51. The Morgan fingerprint density at radius 1 is 1.14 bits per heavy atom. The van der Waals surface area contributed by atoms with Crippen LogP contribution in [0.15, 0.2) is 24.4 Å². The lowest BCUT2D eigenvalue weighted by Gasteiger charge is -2.26. The first-order chi connectivity index (χ1) is 10.3. The largest absolute Gasteiger partial charge is 0.347 e. The molecule has 0 aliphatic carbocycles. The maximum atomic E-state index is 6.22. The molecule has 21 heavy (non-hydrogen) atoms. The molecule has 1 saturated heterocycles. The minimum absolute atomic E-state index is 0.843. The van der Waals surface area contributed by atoms with Crippen LogP contribution in [0.4, 0.5) is 0 Å². The SMILES string of the molecule is CCCCn1cc(CN2CCCCC2)c2cc(Cl)ccc21. The van der Waals surface area contributed by atoms with Crippen LogP contribution in [-0.4, -0.2) is 22.6 Å². The molecule has 0 bridgehead atoms. The van der Waals surface area contributed by atoms with Gasteiger partial charge in [-0.2, -0.15) is 0 Å². The molecule has 0 radical (unpaired) electrons. The zero-order valence-corrected chi connectivity index (χ0v) is 13.7. The Morgan fingerprint density at radius 3 is 2.71 bits per heavy atom. The van der Waals surface area contributed by atoms with E-state index in [1.165, 1.54) is 61.7 Å². The van der Waals surface area contributed by atoms with Crippen LogP contribution in [-0.2, 0) is 13.1 Å². The average molecular weight is 305 g/mol. The summed E-state index contributed by atoms with van der Waals surface area (Å²) < 4.78 is 2.41. The Hall–Kier alpha value is -0.990. The van der Waals surface area contributed by atoms with E-state index < -0.39 is 0 Å². The van der Waals surface area contributed by atoms with Crippen molar-refractivity contribution in [2.24, 2.45) is 0 Å². The molecule has 0 saturated carbocycles. The van der Waals surface area contributed by atoms with Crippen molar-refractivity contribution in [1.82, 2.24) is 9.47 Å². The number of unbranched alkanes of at least 4 members (excludes halogenated alkanes) is 1. The number of fused-ring (bicyclic) bond motifs is 1. The fraction of sp³-hybridized carbons (Fsp3) is 0.556. The van der Waals surface area contributed by atoms with Crippen molar-refractivity contribution in [2.75, 3.05) is 13.1 Å². The predicted molar refractivity (Wildman–Crippen MR) is 91.0 cm³/mol. The van der Waals surface area contributed by atoms with Crippen LogP contribution in [0.3, 0.4) is 0 Å². The maximum absolute atomic E-state index is 6.22. The van der Waals surface area contributed by atoms with Crippen LogP contribution >= 0.6 is 11.6 Å². The Kier molecular flexibility index (Phi) is 4.87. The number of halogens is 1. The van der Waals surface area contributed by atoms with Gasteiger partial charge in [0.05, 0.1) is 0 Å². The third-order valence-electron chi connectivity index (χ3n) is 4.52. The monoisotopic (exact) mass is 304 g/mol. The van der Waals surface area contributed by atoms with Gasteiger partial charge in [0.25, 0.3) is 0 Å². The number of piperidine rings is 1. The van der Waals surface area contributed by atoms with E-state index in [-0.39, 0.29) is 0 Å². The van der Waals surface area contributed by atoms with Gasteiger partial charge in [0, 0.05) is 35.2 Å². The lowest BCUT2D eigenvalue weighted by atomic mass is 10.1. The van der Waals surface area contributed by atoms with E-state index in [2.05, 4.69) is 34.7 Å². The van der Waals surface area contributed by atoms with Gasteiger partial charge in [-0.1, -0.05) is 31.4 Å². The number of likely N-dealkylation sites (tertiary alicyclic amines) is 1. The van der Waals surface area contributed by atoms with Gasteiger partial charge in [0.2, 0.25) is 0 Å². The molecule has 114 valence electrons. The average Bonchev–Trinajstić information content (AvgIpc) is 2.83. The van der Waals surface area contributed by atoms with Crippen LogP contribution in [0.1, 0.15) is 44.6 Å². The number of nitrogens with zero attached hydrogens (tertiary/aromatic N) is 2. The molecule has 1 aliphatic heterocycles. The van der Waals surface area contributed by atoms with Crippen molar-refractivity contribution in [3.63, 3.8) is 0 Å². The van der Waals surface area contributed by atoms with E-state index in [9.17, 15) is 0 Å². The van der Waals surface area contributed by atoms with Gasteiger partial charge in [0.15, 0.2) is 0 Å². The second kappa shape index (κ2) is 6.85. The molecule has 0 amide bonds. The van der Waals surface area contributed by atoms with Crippen LogP contribution in [0, 0.1) is 0 Å². The molecule has 1 aliphatic rings. The van der Waals surface area contributed by atoms with Crippen molar-refractivity contribution in [1.29, 1.82) is 0 Å². The van der Waals surface area contributed by atoms with Crippen molar-refractivity contribution in [3.8, 4) is 0 Å². The van der Waals surface area contributed by atoms with E-state index in [4.69, 9.17) is 11.6 Å². The highest BCUT2D eigenvalue weighted by molar-refractivity contribution is 6.31. The van der Waals surface area contributed by atoms with Crippen LogP contribution < -0.4 is 0 Å². The second-order valence-electron chi connectivity index (χ2n) is 6.20. The number of aryl methyl sites for hydroxylation is 1. The predicted octanol–water partition coefficient (Wildman–Crippen LogP) is 5.08. The Labute approximate surface area is 132 Å². The lowest BCUT2D eigenvalue weighted by Crippen LogP contribution is -2.28. The molecule has 0 N–H and O–H groups in total. The third kappa shape index (κ3) is 3.44. The molecule has 3 heteroatoms. The molecule has 1 aromatic carbocycles. The van der Waals surface area contributed by atoms with Crippen molar-refractivity contribution in [3.05, 3.63) is 35.0 Å². The quantitative estimate of drug-likeness (QED) is 0.748. The summed E-state index contributed by atoms with van der Waals surface area (Å²) in [5.41, 5.74) is 2.77. The number of benzene rings is 1. The van der Waals surface area contributed by atoms with E-state index in [0.717, 1.165) is 18.1 Å². The molecule has 0 spiro atoms. The highest BCUT2D eigenvalue weighted by atomic mass is 35.5. The molecular weight excluding hydrogens is 280 g/mol. The standard InChI is InChI=1S/C18H25ClN2/c1-2-3-11-21-14-15(13-20-9-5-4-6-10-20)17-12-16(19)7-8-18(17)21/h7-8,12,14H,2-6,9-11,13H2,1H3. The minimum atomic E-state index is 0.843. The molecule has 0 unspecified atom stereocenters.